The number of hydrogen-bond acceptors (Lipinski definition) is 3. The van der Waals surface area contributed by atoms with E-state index in [1.807, 2.05) is 35.2 Å². The van der Waals surface area contributed by atoms with E-state index < -0.39 is 0 Å². The van der Waals surface area contributed by atoms with E-state index in [0.29, 0.717) is 36.7 Å². The first-order valence-electron chi connectivity index (χ1n) is 7.46. The second-order valence-corrected chi connectivity index (χ2v) is 6.74. The fourth-order valence-electron chi connectivity index (χ4n) is 2.76. The van der Waals surface area contributed by atoms with E-state index in [1.54, 1.807) is 0 Å². The van der Waals surface area contributed by atoms with Crippen molar-refractivity contribution in [2.24, 2.45) is 0 Å². The topological polar surface area (TPSA) is 55.7 Å². The molecule has 0 aromatic heterocycles. The molecular weight excluding hydrogens is 367 g/mol. The molecule has 0 fully saturated rings. The minimum Gasteiger partial charge on any atom is -0.503 e. The minimum atomic E-state index is -0.384. The van der Waals surface area contributed by atoms with Crippen molar-refractivity contribution in [1.82, 2.24) is 10.2 Å². The van der Waals surface area contributed by atoms with Crippen LogP contribution in [0, 0.1) is 0 Å². The van der Waals surface area contributed by atoms with Gasteiger partial charge in [0, 0.05) is 19.6 Å². The smallest absolute Gasteiger partial charge is 0.178 e. The third-order valence-corrected chi connectivity index (χ3v) is 5.31. The molecule has 0 spiro atoms. The molecule has 0 unspecified atom stereocenters. The van der Waals surface area contributed by atoms with Crippen molar-refractivity contribution in [3.8, 4) is 11.5 Å². The van der Waals surface area contributed by atoms with Crippen molar-refractivity contribution in [2.75, 3.05) is 6.54 Å². The molecule has 0 atom stereocenters. The number of hydrogen-bond donors (Lipinski definition) is 3. The van der Waals surface area contributed by atoms with Gasteiger partial charge in [0.25, 0.3) is 0 Å². The van der Waals surface area contributed by atoms with Crippen LogP contribution in [0.25, 0.3) is 0 Å². The summed E-state index contributed by atoms with van der Waals surface area (Å²) in [5.41, 5.74) is 2.60. The number of benzene rings is 2. The highest BCUT2D eigenvalue weighted by Gasteiger charge is 2.27. The van der Waals surface area contributed by atoms with Gasteiger partial charge in [-0.15, -0.1) is 0 Å². The maximum absolute atomic E-state index is 9.89. The summed E-state index contributed by atoms with van der Waals surface area (Å²) in [5.74, 6) is -0.746. The number of halogens is 2. The quantitative estimate of drug-likeness (QED) is 0.544. The SMILES string of the molecule is Oc1c(O)c(Cl)c2c(c1Cl)CCN(C(=S)NCc1ccccc1)C2. The number of nitrogens with one attached hydrogen (secondary N) is 1. The second kappa shape index (κ2) is 7.05. The van der Waals surface area contributed by atoms with Crippen molar-refractivity contribution >= 4 is 40.5 Å². The third kappa shape index (κ3) is 3.24. The molecule has 0 amide bonds. The van der Waals surface area contributed by atoms with Crippen LogP contribution in [0.1, 0.15) is 16.7 Å². The normalized spacial score (nSPS) is 13.5. The standard InChI is InChI=1S/C17H16Cl2N2O2S/c18-13-11-6-7-21(9-12(11)14(19)16(23)15(13)22)17(24)20-8-10-4-2-1-3-5-10/h1-5,22-23H,6-9H2,(H,20,24). The van der Waals surface area contributed by atoms with Crippen LogP contribution < -0.4 is 5.32 Å². The summed E-state index contributed by atoms with van der Waals surface area (Å²) in [6, 6.07) is 9.98. The maximum Gasteiger partial charge on any atom is 0.178 e. The Bertz CT molecular complexity index is 784. The lowest BCUT2D eigenvalue weighted by molar-refractivity contribution is 0.375. The molecule has 4 nitrogen and oxygen atoms in total. The van der Waals surface area contributed by atoms with Gasteiger partial charge in [-0.05, 0) is 35.3 Å². The molecule has 0 saturated heterocycles. The van der Waals surface area contributed by atoms with Crippen LogP contribution in [0.4, 0.5) is 0 Å². The zero-order valence-electron chi connectivity index (χ0n) is 12.7. The largest absolute Gasteiger partial charge is 0.503 e. The fraction of sp³-hybridized carbons (Fsp3) is 0.235. The van der Waals surface area contributed by atoms with Gasteiger partial charge >= 0.3 is 0 Å². The Morgan fingerprint density at radius 1 is 1.08 bits per heavy atom. The first-order valence-corrected chi connectivity index (χ1v) is 8.62. The van der Waals surface area contributed by atoms with Gasteiger partial charge in [0.15, 0.2) is 16.6 Å². The summed E-state index contributed by atoms with van der Waals surface area (Å²) >= 11 is 17.8. The first-order chi connectivity index (χ1) is 11.5. The van der Waals surface area contributed by atoms with Crippen LogP contribution in [0.15, 0.2) is 30.3 Å². The van der Waals surface area contributed by atoms with Crippen molar-refractivity contribution < 1.29 is 10.2 Å². The molecule has 0 radical (unpaired) electrons. The zero-order valence-corrected chi connectivity index (χ0v) is 15.0. The van der Waals surface area contributed by atoms with Gasteiger partial charge in [0.1, 0.15) is 0 Å². The second-order valence-electron chi connectivity index (χ2n) is 5.60. The molecule has 3 rings (SSSR count). The Kier molecular flexibility index (Phi) is 5.04. The van der Waals surface area contributed by atoms with Gasteiger partial charge in [0.05, 0.1) is 10.0 Å². The lowest BCUT2D eigenvalue weighted by Crippen LogP contribution is -2.42. The van der Waals surface area contributed by atoms with Gasteiger partial charge in [-0.3, -0.25) is 0 Å². The molecule has 1 heterocycles. The molecule has 24 heavy (non-hydrogen) atoms. The predicted molar refractivity (Wildman–Crippen MR) is 99.8 cm³/mol. The molecule has 7 heteroatoms. The highest BCUT2D eigenvalue weighted by molar-refractivity contribution is 7.80. The number of fused-ring (bicyclic) bond motifs is 1. The number of aromatic hydroxyl groups is 2. The van der Waals surface area contributed by atoms with Crippen molar-refractivity contribution in [3.63, 3.8) is 0 Å². The highest BCUT2D eigenvalue weighted by Crippen LogP contribution is 2.46. The Morgan fingerprint density at radius 2 is 1.71 bits per heavy atom. The molecular formula is C17H16Cl2N2O2S. The van der Waals surface area contributed by atoms with Gasteiger partial charge < -0.3 is 20.4 Å². The van der Waals surface area contributed by atoms with Crippen molar-refractivity contribution in [2.45, 2.75) is 19.5 Å². The summed E-state index contributed by atoms with van der Waals surface area (Å²) in [6.45, 7) is 1.73. The zero-order chi connectivity index (χ0) is 17.3. The first kappa shape index (κ1) is 17.1. The monoisotopic (exact) mass is 382 g/mol. The van der Waals surface area contributed by atoms with Crippen LogP contribution in [0.5, 0.6) is 11.5 Å². The van der Waals surface area contributed by atoms with Crippen LogP contribution in [0.2, 0.25) is 10.0 Å². The van der Waals surface area contributed by atoms with Crippen LogP contribution in [-0.2, 0) is 19.5 Å². The molecule has 1 aliphatic heterocycles. The molecule has 3 N–H and O–H groups in total. The van der Waals surface area contributed by atoms with E-state index in [1.165, 1.54) is 0 Å². The summed E-state index contributed by atoms with van der Waals surface area (Å²) in [6.07, 6.45) is 0.592. The van der Waals surface area contributed by atoms with Gasteiger partial charge in [0.2, 0.25) is 0 Å². The van der Waals surface area contributed by atoms with Gasteiger partial charge in [-0.2, -0.15) is 0 Å². The molecule has 0 saturated carbocycles. The van der Waals surface area contributed by atoms with Gasteiger partial charge in [-0.25, -0.2) is 0 Å². The van der Waals surface area contributed by atoms with Crippen LogP contribution >= 0.6 is 35.4 Å². The van der Waals surface area contributed by atoms with E-state index >= 15 is 0 Å². The number of thiocarbonyl (C=S) groups is 1. The van der Waals surface area contributed by atoms with E-state index in [2.05, 4.69) is 5.32 Å². The Balaban J connectivity index is 1.74. The van der Waals surface area contributed by atoms with E-state index in [4.69, 9.17) is 35.4 Å². The average Bonchev–Trinajstić information content (AvgIpc) is 2.63. The highest BCUT2D eigenvalue weighted by atomic mass is 35.5. The van der Waals surface area contributed by atoms with Crippen molar-refractivity contribution in [3.05, 3.63) is 57.1 Å². The third-order valence-electron chi connectivity index (χ3n) is 4.09. The molecule has 126 valence electrons. The number of phenols is 2. The van der Waals surface area contributed by atoms with E-state index in [0.717, 1.165) is 11.1 Å². The minimum absolute atomic E-state index is 0.127. The van der Waals surface area contributed by atoms with E-state index in [9.17, 15) is 10.2 Å². The van der Waals surface area contributed by atoms with Crippen LogP contribution in [0.3, 0.4) is 0 Å². The lowest BCUT2D eigenvalue weighted by Gasteiger charge is -2.32. The Hall–Kier alpha value is -1.69. The molecule has 1 aliphatic rings. The lowest BCUT2D eigenvalue weighted by atomic mass is 9.98. The fourth-order valence-corrected chi connectivity index (χ4v) is 3.55. The number of nitrogens with zero attached hydrogens (tertiary/aromatic N) is 1. The Labute approximate surface area is 155 Å². The number of rotatable bonds is 2. The molecule has 2 aromatic carbocycles. The molecule has 0 aliphatic carbocycles. The Morgan fingerprint density at radius 3 is 2.38 bits per heavy atom. The summed E-state index contributed by atoms with van der Waals surface area (Å²) in [4.78, 5) is 1.97. The molecule has 2 aromatic rings. The maximum atomic E-state index is 9.89. The van der Waals surface area contributed by atoms with Gasteiger partial charge in [-0.1, -0.05) is 53.5 Å². The van der Waals surface area contributed by atoms with Crippen molar-refractivity contribution in [1.29, 1.82) is 0 Å². The summed E-state index contributed by atoms with van der Waals surface area (Å²) < 4.78 is 0. The average molecular weight is 383 g/mol. The summed E-state index contributed by atoms with van der Waals surface area (Å²) in [7, 11) is 0. The van der Waals surface area contributed by atoms with E-state index in [-0.39, 0.29) is 21.5 Å². The summed E-state index contributed by atoms with van der Waals surface area (Å²) in [5, 5.41) is 23.8. The molecule has 0 bridgehead atoms. The number of phenolic OH excluding ortho intramolecular Hbond substituents is 2. The van der Waals surface area contributed by atoms with Crippen LogP contribution in [-0.4, -0.2) is 26.8 Å². The predicted octanol–water partition coefficient (Wildman–Crippen LogP) is 3.84.